The van der Waals surface area contributed by atoms with Gasteiger partial charge >= 0.3 is 0 Å². The van der Waals surface area contributed by atoms with E-state index in [2.05, 4.69) is 34.5 Å². The van der Waals surface area contributed by atoms with Gasteiger partial charge < -0.3 is 0 Å². The van der Waals surface area contributed by atoms with Crippen LogP contribution >= 0.6 is 11.3 Å². The molecule has 0 N–H and O–H groups in total. The van der Waals surface area contributed by atoms with Crippen molar-refractivity contribution in [1.82, 2.24) is 24.8 Å². The molecule has 0 amide bonds. The fourth-order valence-corrected chi connectivity index (χ4v) is 5.03. The number of benzene rings is 2. The lowest BCUT2D eigenvalue weighted by Gasteiger charge is -2.19. The summed E-state index contributed by atoms with van der Waals surface area (Å²) in [7, 11) is 0. The van der Waals surface area contributed by atoms with Crippen molar-refractivity contribution >= 4 is 27.2 Å². The predicted molar refractivity (Wildman–Crippen MR) is 111 cm³/mol. The minimum Gasteiger partial charge on any atom is -0.253 e. The molecule has 0 fully saturated rings. The molecule has 2 aromatic carbocycles. The van der Waals surface area contributed by atoms with Gasteiger partial charge in [-0.05, 0) is 37.3 Å². The van der Waals surface area contributed by atoms with Gasteiger partial charge in [-0.15, -0.1) is 10.2 Å². The zero-order chi connectivity index (χ0) is 18.5. The van der Waals surface area contributed by atoms with Crippen molar-refractivity contribution in [3.8, 4) is 22.0 Å². The second-order valence-electron chi connectivity index (χ2n) is 7.13. The quantitative estimate of drug-likeness (QED) is 0.433. The van der Waals surface area contributed by atoms with E-state index >= 15 is 0 Å². The third kappa shape index (κ3) is 2.38. The second-order valence-corrected chi connectivity index (χ2v) is 8.08. The molecular formula is C22H17N5S. The van der Waals surface area contributed by atoms with E-state index in [-0.39, 0.29) is 0 Å². The van der Waals surface area contributed by atoms with E-state index in [4.69, 9.17) is 10.1 Å². The fourth-order valence-electron chi connectivity index (χ4n) is 4.10. The van der Waals surface area contributed by atoms with Crippen LogP contribution in [0.1, 0.15) is 24.1 Å². The first-order valence-electron chi connectivity index (χ1n) is 9.57. The van der Waals surface area contributed by atoms with Crippen LogP contribution in [0.3, 0.4) is 0 Å². The van der Waals surface area contributed by atoms with E-state index in [0.29, 0.717) is 0 Å². The smallest absolute Gasteiger partial charge is 0.235 e. The highest BCUT2D eigenvalue weighted by molar-refractivity contribution is 7.20. The van der Waals surface area contributed by atoms with Crippen LogP contribution in [0.4, 0.5) is 0 Å². The Morgan fingerprint density at radius 2 is 1.68 bits per heavy atom. The lowest BCUT2D eigenvalue weighted by atomic mass is 9.90. The Balaban J connectivity index is 1.62. The maximum absolute atomic E-state index is 4.96. The van der Waals surface area contributed by atoms with Crippen LogP contribution in [-0.4, -0.2) is 24.8 Å². The Hall–Kier alpha value is -3.12. The van der Waals surface area contributed by atoms with Crippen molar-refractivity contribution in [3.05, 3.63) is 65.9 Å². The molecule has 0 spiro atoms. The normalized spacial score (nSPS) is 13.9. The summed E-state index contributed by atoms with van der Waals surface area (Å²) in [6.07, 6.45) is 4.53. The highest BCUT2D eigenvalue weighted by atomic mass is 32.1. The average Bonchev–Trinajstić information content (AvgIpc) is 3.33. The van der Waals surface area contributed by atoms with Gasteiger partial charge in [0.2, 0.25) is 4.96 Å². The van der Waals surface area contributed by atoms with E-state index < -0.39 is 0 Å². The highest BCUT2D eigenvalue weighted by Crippen LogP contribution is 2.38. The standard InChI is InChI=1S/C22H17N5S/c1-2-8-14(9-3-1)20-24-25-22-27(20)26-21(28-22)19-15-10-4-6-12-17(15)23-18-13-7-5-11-16(18)19/h1-4,6,8-10,12H,5,7,11,13H2. The van der Waals surface area contributed by atoms with Crippen molar-refractivity contribution in [3.63, 3.8) is 0 Å². The van der Waals surface area contributed by atoms with Gasteiger partial charge in [-0.3, -0.25) is 4.98 Å². The van der Waals surface area contributed by atoms with Crippen molar-refractivity contribution in [1.29, 1.82) is 0 Å². The Labute approximate surface area is 165 Å². The van der Waals surface area contributed by atoms with Crippen molar-refractivity contribution in [2.45, 2.75) is 25.7 Å². The third-order valence-electron chi connectivity index (χ3n) is 5.41. The van der Waals surface area contributed by atoms with Crippen molar-refractivity contribution < 1.29 is 0 Å². The van der Waals surface area contributed by atoms with Gasteiger partial charge in [0.25, 0.3) is 0 Å². The largest absolute Gasteiger partial charge is 0.253 e. The molecule has 5 aromatic rings. The Kier molecular flexibility index (Phi) is 3.52. The first kappa shape index (κ1) is 15.9. The topological polar surface area (TPSA) is 56.0 Å². The molecule has 0 saturated heterocycles. The van der Waals surface area contributed by atoms with Crippen LogP contribution in [0.2, 0.25) is 0 Å². The van der Waals surface area contributed by atoms with Crippen LogP contribution in [0.25, 0.3) is 37.8 Å². The molecule has 5 nitrogen and oxygen atoms in total. The summed E-state index contributed by atoms with van der Waals surface area (Å²) in [5.41, 5.74) is 5.89. The summed E-state index contributed by atoms with van der Waals surface area (Å²) in [4.78, 5) is 5.77. The van der Waals surface area contributed by atoms with Gasteiger partial charge in [-0.2, -0.15) is 9.61 Å². The molecule has 6 heteroatoms. The number of aryl methyl sites for hydroxylation is 1. The average molecular weight is 383 g/mol. The number of pyridine rings is 1. The lowest BCUT2D eigenvalue weighted by molar-refractivity contribution is 0.672. The van der Waals surface area contributed by atoms with Gasteiger partial charge in [0.05, 0.1) is 5.52 Å². The van der Waals surface area contributed by atoms with E-state index in [1.54, 1.807) is 11.3 Å². The molecule has 3 heterocycles. The number of para-hydroxylation sites is 1. The van der Waals surface area contributed by atoms with E-state index in [1.807, 2.05) is 34.8 Å². The zero-order valence-electron chi connectivity index (χ0n) is 15.2. The molecule has 0 radical (unpaired) electrons. The second kappa shape index (κ2) is 6.21. The number of rotatable bonds is 2. The van der Waals surface area contributed by atoms with Gasteiger partial charge in [-0.1, -0.05) is 59.9 Å². The molecule has 0 saturated carbocycles. The Morgan fingerprint density at radius 1 is 0.857 bits per heavy atom. The highest BCUT2D eigenvalue weighted by Gasteiger charge is 2.23. The maximum Gasteiger partial charge on any atom is 0.235 e. The van der Waals surface area contributed by atoms with Crippen LogP contribution in [0.5, 0.6) is 0 Å². The molecule has 1 aliphatic rings. The number of aromatic nitrogens is 5. The first-order valence-corrected chi connectivity index (χ1v) is 10.4. The molecule has 0 atom stereocenters. The Morgan fingerprint density at radius 3 is 2.61 bits per heavy atom. The molecule has 28 heavy (non-hydrogen) atoms. The van der Waals surface area contributed by atoms with Crippen LogP contribution in [0.15, 0.2) is 54.6 Å². The number of fused-ring (bicyclic) bond motifs is 3. The Bertz CT molecular complexity index is 1320. The van der Waals surface area contributed by atoms with E-state index in [9.17, 15) is 0 Å². The summed E-state index contributed by atoms with van der Waals surface area (Å²) in [6, 6.07) is 18.5. The van der Waals surface area contributed by atoms with E-state index in [1.165, 1.54) is 35.0 Å². The minimum atomic E-state index is 0.783. The fraction of sp³-hybridized carbons (Fsp3) is 0.182. The monoisotopic (exact) mass is 383 g/mol. The lowest BCUT2D eigenvalue weighted by Crippen LogP contribution is -2.08. The number of nitrogens with zero attached hydrogens (tertiary/aromatic N) is 5. The summed E-state index contributed by atoms with van der Waals surface area (Å²) in [5, 5.41) is 15.9. The molecule has 0 bridgehead atoms. The summed E-state index contributed by atoms with van der Waals surface area (Å²) in [5.74, 6) is 0.783. The van der Waals surface area contributed by atoms with Gasteiger partial charge in [-0.25, -0.2) is 0 Å². The van der Waals surface area contributed by atoms with Crippen LogP contribution in [-0.2, 0) is 12.8 Å². The predicted octanol–water partition coefficient (Wildman–Crippen LogP) is 4.95. The number of hydrogen-bond acceptors (Lipinski definition) is 5. The molecule has 1 aliphatic carbocycles. The minimum absolute atomic E-state index is 0.783. The van der Waals surface area contributed by atoms with Crippen LogP contribution < -0.4 is 0 Å². The molecule has 3 aromatic heterocycles. The first-order chi connectivity index (χ1) is 13.9. The van der Waals surface area contributed by atoms with Crippen molar-refractivity contribution in [2.24, 2.45) is 0 Å². The molecule has 136 valence electrons. The number of hydrogen-bond donors (Lipinski definition) is 0. The SMILES string of the molecule is c1ccc(-c2nnc3sc(-c4c5c(nc6ccccc46)CCCC5)nn23)cc1. The summed E-state index contributed by atoms with van der Waals surface area (Å²) in [6.45, 7) is 0. The molecule has 0 unspecified atom stereocenters. The van der Waals surface area contributed by atoms with Gasteiger partial charge in [0.1, 0.15) is 5.01 Å². The summed E-state index contributed by atoms with van der Waals surface area (Å²) < 4.78 is 1.87. The van der Waals surface area contributed by atoms with Gasteiger partial charge in [0.15, 0.2) is 5.82 Å². The van der Waals surface area contributed by atoms with Crippen LogP contribution in [0, 0.1) is 0 Å². The molecule has 0 aliphatic heterocycles. The maximum atomic E-state index is 4.96. The van der Waals surface area contributed by atoms with Crippen molar-refractivity contribution in [2.75, 3.05) is 0 Å². The van der Waals surface area contributed by atoms with Gasteiger partial charge in [0, 0.05) is 22.2 Å². The molecule has 6 rings (SSSR count). The summed E-state index contributed by atoms with van der Waals surface area (Å²) >= 11 is 1.60. The molecular weight excluding hydrogens is 366 g/mol. The zero-order valence-corrected chi connectivity index (χ0v) is 16.0. The third-order valence-corrected chi connectivity index (χ3v) is 6.32. The van der Waals surface area contributed by atoms with E-state index in [0.717, 1.165) is 39.7 Å².